The van der Waals surface area contributed by atoms with E-state index in [0.717, 1.165) is 17.7 Å². The van der Waals surface area contributed by atoms with Crippen molar-refractivity contribution in [3.05, 3.63) is 29.6 Å². The third kappa shape index (κ3) is 1.77. The molecule has 1 N–H and O–H groups in total. The Kier molecular flexibility index (Phi) is 2.60. The van der Waals surface area contributed by atoms with E-state index in [0.29, 0.717) is 0 Å². The average Bonchev–Trinajstić information content (AvgIpc) is 2.04. The largest absolute Gasteiger partial charge is 0.387 e. The van der Waals surface area contributed by atoms with Gasteiger partial charge < -0.3 is 5.11 Å². The van der Waals surface area contributed by atoms with Gasteiger partial charge in [-0.25, -0.2) is 0 Å². The highest BCUT2D eigenvalue weighted by Gasteiger charge is 2.07. The van der Waals surface area contributed by atoms with Crippen LogP contribution in [0.5, 0.6) is 0 Å². The van der Waals surface area contributed by atoms with Gasteiger partial charge in [0.1, 0.15) is 0 Å². The van der Waals surface area contributed by atoms with Gasteiger partial charge in [0.15, 0.2) is 0 Å². The van der Waals surface area contributed by atoms with E-state index in [1.807, 2.05) is 26.0 Å². The molecular weight excluding hydrogens is 138 g/mol. The summed E-state index contributed by atoms with van der Waals surface area (Å²) in [6.45, 7) is 3.90. The Balaban J connectivity index is 2.93. The summed E-state index contributed by atoms with van der Waals surface area (Å²) < 4.78 is 0. The summed E-state index contributed by atoms with van der Waals surface area (Å²) >= 11 is 0. The topological polar surface area (TPSA) is 33.1 Å². The van der Waals surface area contributed by atoms with Crippen LogP contribution in [0, 0.1) is 6.92 Å². The van der Waals surface area contributed by atoms with E-state index in [9.17, 15) is 5.11 Å². The summed E-state index contributed by atoms with van der Waals surface area (Å²) in [4.78, 5) is 4.10. The summed E-state index contributed by atoms with van der Waals surface area (Å²) in [6.07, 6.45) is 2.02. The van der Waals surface area contributed by atoms with Crippen molar-refractivity contribution in [3.8, 4) is 0 Å². The second-order valence-electron chi connectivity index (χ2n) is 2.63. The molecule has 1 aromatic rings. The molecular formula is C9H13NO. The Hall–Kier alpha value is -0.890. The molecule has 0 aromatic carbocycles. The highest BCUT2D eigenvalue weighted by molar-refractivity contribution is 5.19. The van der Waals surface area contributed by atoms with Crippen LogP contribution in [0.2, 0.25) is 0 Å². The normalized spacial score (nSPS) is 13.0. The minimum absolute atomic E-state index is 0.406. The van der Waals surface area contributed by atoms with Gasteiger partial charge in [0, 0.05) is 6.20 Å². The number of rotatable bonds is 2. The third-order valence-electron chi connectivity index (χ3n) is 1.75. The Morgan fingerprint density at radius 1 is 1.64 bits per heavy atom. The van der Waals surface area contributed by atoms with Crippen LogP contribution in [0.3, 0.4) is 0 Å². The predicted molar refractivity (Wildman–Crippen MR) is 44.2 cm³/mol. The summed E-state index contributed by atoms with van der Waals surface area (Å²) in [7, 11) is 0. The summed E-state index contributed by atoms with van der Waals surface area (Å²) in [6, 6.07) is 3.84. The molecule has 1 rings (SSSR count). The predicted octanol–water partition coefficient (Wildman–Crippen LogP) is 1.83. The first kappa shape index (κ1) is 8.21. The number of aliphatic hydroxyl groups is 1. The quantitative estimate of drug-likeness (QED) is 0.699. The van der Waals surface area contributed by atoms with Gasteiger partial charge in [0.25, 0.3) is 0 Å². The second kappa shape index (κ2) is 3.49. The summed E-state index contributed by atoms with van der Waals surface area (Å²) in [5.41, 5.74) is 1.86. The molecule has 0 spiro atoms. The molecule has 0 aliphatic heterocycles. The van der Waals surface area contributed by atoms with Gasteiger partial charge in [-0.2, -0.15) is 0 Å². The van der Waals surface area contributed by atoms with Crippen molar-refractivity contribution in [2.45, 2.75) is 26.4 Å². The first-order valence-corrected chi connectivity index (χ1v) is 3.85. The first-order valence-electron chi connectivity index (χ1n) is 3.85. The van der Waals surface area contributed by atoms with E-state index in [1.165, 1.54) is 0 Å². The lowest BCUT2D eigenvalue weighted by atomic mass is 10.1. The lowest BCUT2D eigenvalue weighted by Gasteiger charge is -2.08. The minimum Gasteiger partial charge on any atom is -0.387 e. The van der Waals surface area contributed by atoms with E-state index in [2.05, 4.69) is 4.98 Å². The molecule has 2 nitrogen and oxygen atoms in total. The van der Waals surface area contributed by atoms with Crippen LogP contribution in [-0.2, 0) is 0 Å². The van der Waals surface area contributed by atoms with E-state index >= 15 is 0 Å². The fraction of sp³-hybridized carbons (Fsp3) is 0.444. The molecule has 2 heteroatoms. The number of aromatic nitrogens is 1. The van der Waals surface area contributed by atoms with Crippen molar-refractivity contribution >= 4 is 0 Å². The summed E-state index contributed by atoms with van der Waals surface area (Å²) in [5.74, 6) is 0. The highest BCUT2D eigenvalue weighted by atomic mass is 16.3. The average molecular weight is 151 g/mol. The zero-order valence-corrected chi connectivity index (χ0v) is 6.91. The van der Waals surface area contributed by atoms with Crippen molar-refractivity contribution < 1.29 is 5.11 Å². The van der Waals surface area contributed by atoms with Crippen molar-refractivity contribution in [3.63, 3.8) is 0 Å². The van der Waals surface area contributed by atoms with Crippen LogP contribution in [-0.4, -0.2) is 10.1 Å². The SMILES string of the molecule is CC[C@H](O)c1ncccc1C. The number of aliphatic hydroxyl groups excluding tert-OH is 1. The van der Waals surface area contributed by atoms with E-state index in [1.54, 1.807) is 6.20 Å². The van der Waals surface area contributed by atoms with Crippen molar-refractivity contribution in [1.82, 2.24) is 4.98 Å². The summed E-state index contributed by atoms with van der Waals surface area (Å²) in [5, 5.41) is 9.45. The van der Waals surface area contributed by atoms with Crippen LogP contribution in [0.1, 0.15) is 30.7 Å². The van der Waals surface area contributed by atoms with Gasteiger partial charge in [-0.3, -0.25) is 4.98 Å². The van der Waals surface area contributed by atoms with Crippen molar-refractivity contribution in [1.29, 1.82) is 0 Å². The van der Waals surface area contributed by atoms with Gasteiger partial charge in [-0.1, -0.05) is 13.0 Å². The lowest BCUT2D eigenvalue weighted by molar-refractivity contribution is 0.168. The van der Waals surface area contributed by atoms with Gasteiger partial charge >= 0.3 is 0 Å². The molecule has 0 aliphatic rings. The van der Waals surface area contributed by atoms with Crippen molar-refractivity contribution in [2.24, 2.45) is 0 Å². The second-order valence-corrected chi connectivity index (χ2v) is 2.63. The van der Waals surface area contributed by atoms with Gasteiger partial charge in [0.2, 0.25) is 0 Å². The van der Waals surface area contributed by atoms with Crippen LogP contribution >= 0.6 is 0 Å². The molecule has 1 aromatic heterocycles. The van der Waals surface area contributed by atoms with E-state index < -0.39 is 6.10 Å². The fourth-order valence-corrected chi connectivity index (χ4v) is 1.04. The molecule has 0 aliphatic carbocycles. The smallest absolute Gasteiger partial charge is 0.0959 e. The van der Waals surface area contributed by atoms with Crippen LogP contribution in [0.4, 0.5) is 0 Å². The molecule has 0 saturated carbocycles. The van der Waals surface area contributed by atoms with E-state index in [-0.39, 0.29) is 0 Å². The number of pyridine rings is 1. The standard InChI is InChI=1S/C9H13NO/c1-3-8(11)9-7(2)5-4-6-10-9/h4-6,8,11H,3H2,1-2H3/t8-/m0/s1. The monoisotopic (exact) mass is 151 g/mol. The maximum Gasteiger partial charge on any atom is 0.0959 e. The molecule has 1 heterocycles. The lowest BCUT2D eigenvalue weighted by Crippen LogP contribution is -2.00. The third-order valence-corrected chi connectivity index (χ3v) is 1.75. The minimum atomic E-state index is -0.406. The maximum atomic E-state index is 9.45. The Morgan fingerprint density at radius 2 is 2.36 bits per heavy atom. The van der Waals surface area contributed by atoms with Crippen LogP contribution < -0.4 is 0 Å². The fourth-order valence-electron chi connectivity index (χ4n) is 1.04. The Morgan fingerprint density at radius 3 is 2.91 bits per heavy atom. The first-order chi connectivity index (χ1) is 5.25. The molecule has 0 unspecified atom stereocenters. The number of nitrogens with zero attached hydrogens (tertiary/aromatic N) is 1. The Bertz CT molecular complexity index is 235. The van der Waals surface area contributed by atoms with Gasteiger partial charge in [0.05, 0.1) is 11.8 Å². The molecule has 0 radical (unpaired) electrons. The van der Waals surface area contributed by atoms with Gasteiger partial charge in [-0.15, -0.1) is 0 Å². The van der Waals surface area contributed by atoms with Gasteiger partial charge in [-0.05, 0) is 25.0 Å². The molecule has 60 valence electrons. The zero-order chi connectivity index (χ0) is 8.27. The number of aryl methyl sites for hydroxylation is 1. The van der Waals surface area contributed by atoms with E-state index in [4.69, 9.17) is 0 Å². The number of hydrogen-bond acceptors (Lipinski definition) is 2. The molecule has 0 fully saturated rings. The zero-order valence-electron chi connectivity index (χ0n) is 6.91. The molecule has 0 amide bonds. The Labute approximate surface area is 66.9 Å². The maximum absolute atomic E-state index is 9.45. The molecule has 1 atom stereocenters. The number of hydrogen-bond donors (Lipinski definition) is 1. The molecule has 11 heavy (non-hydrogen) atoms. The van der Waals surface area contributed by atoms with Crippen LogP contribution in [0.25, 0.3) is 0 Å². The van der Waals surface area contributed by atoms with Crippen molar-refractivity contribution in [2.75, 3.05) is 0 Å². The highest BCUT2D eigenvalue weighted by Crippen LogP contribution is 2.16. The molecule has 0 saturated heterocycles. The van der Waals surface area contributed by atoms with Crippen LogP contribution in [0.15, 0.2) is 18.3 Å². The molecule has 0 bridgehead atoms.